The fourth-order valence-corrected chi connectivity index (χ4v) is 3.98. The van der Waals surface area contributed by atoms with E-state index in [0.717, 1.165) is 48.9 Å². The van der Waals surface area contributed by atoms with E-state index in [-0.39, 0.29) is 23.7 Å². The maximum atomic E-state index is 13.3. The van der Waals surface area contributed by atoms with Crippen molar-refractivity contribution in [2.45, 2.75) is 44.1 Å². The molecule has 5 heteroatoms. The molecule has 2 aliphatic carbocycles. The molecule has 1 aromatic heterocycles. The monoisotopic (exact) mass is 327 g/mol. The third-order valence-corrected chi connectivity index (χ3v) is 5.39. The van der Waals surface area contributed by atoms with Crippen LogP contribution in [0.4, 0.5) is 4.39 Å². The molecule has 0 bridgehead atoms. The molecule has 0 spiro atoms. The predicted molar refractivity (Wildman–Crippen MR) is 88.9 cm³/mol. The van der Waals surface area contributed by atoms with Gasteiger partial charge in [-0.1, -0.05) is 12.1 Å². The summed E-state index contributed by atoms with van der Waals surface area (Å²) in [6.07, 6.45) is 6.89. The van der Waals surface area contributed by atoms with Gasteiger partial charge in [-0.3, -0.25) is 9.89 Å². The number of aromatic nitrogens is 2. The Morgan fingerprint density at radius 3 is 2.75 bits per heavy atom. The van der Waals surface area contributed by atoms with Crippen LogP contribution in [-0.2, 0) is 11.2 Å². The minimum absolute atomic E-state index is 0.0374. The van der Waals surface area contributed by atoms with Gasteiger partial charge in [0.2, 0.25) is 5.91 Å². The number of carbonyl (C=O) groups is 1. The van der Waals surface area contributed by atoms with E-state index in [0.29, 0.717) is 5.92 Å². The van der Waals surface area contributed by atoms with Crippen molar-refractivity contribution in [3.05, 3.63) is 53.1 Å². The number of aromatic amines is 1. The van der Waals surface area contributed by atoms with Crippen molar-refractivity contribution in [2.24, 2.45) is 5.92 Å². The molecule has 0 saturated heterocycles. The van der Waals surface area contributed by atoms with Crippen LogP contribution in [0.2, 0.25) is 0 Å². The lowest BCUT2D eigenvalue weighted by molar-refractivity contribution is -0.134. The number of aryl methyl sites for hydroxylation is 1. The average Bonchev–Trinajstić information content (AvgIpc) is 3.30. The average molecular weight is 327 g/mol. The van der Waals surface area contributed by atoms with Crippen molar-refractivity contribution >= 4 is 5.91 Å². The van der Waals surface area contributed by atoms with Crippen LogP contribution >= 0.6 is 0 Å². The van der Waals surface area contributed by atoms with Crippen LogP contribution in [0.5, 0.6) is 0 Å². The van der Waals surface area contributed by atoms with E-state index < -0.39 is 0 Å². The highest BCUT2D eigenvalue weighted by Gasteiger charge is 2.39. The second kappa shape index (κ2) is 6.04. The zero-order valence-corrected chi connectivity index (χ0v) is 13.8. The molecule has 2 atom stereocenters. The van der Waals surface area contributed by atoms with Gasteiger partial charge in [-0.05, 0) is 55.7 Å². The summed E-state index contributed by atoms with van der Waals surface area (Å²) in [5.41, 5.74) is 3.17. The van der Waals surface area contributed by atoms with Gasteiger partial charge in [0.25, 0.3) is 0 Å². The van der Waals surface area contributed by atoms with E-state index in [1.165, 1.54) is 12.1 Å². The topological polar surface area (TPSA) is 49.0 Å². The second-order valence-corrected chi connectivity index (χ2v) is 7.03. The SMILES string of the molecule is CN(C(=O)[C@@H]1CCCc2[nH]ncc21)[C@@H](c1ccc(F)cc1)C1CC1. The van der Waals surface area contributed by atoms with E-state index in [9.17, 15) is 9.18 Å². The van der Waals surface area contributed by atoms with Gasteiger partial charge in [-0.25, -0.2) is 4.39 Å². The van der Waals surface area contributed by atoms with Crippen LogP contribution in [0, 0.1) is 11.7 Å². The Kier molecular flexibility index (Phi) is 3.87. The van der Waals surface area contributed by atoms with Gasteiger partial charge in [0.15, 0.2) is 0 Å². The smallest absolute Gasteiger partial charge is 0.230 e. The fourth-order valence-electron chi connectivity index (χ4n) is 3.98. The molecule has 1 heterocycles. The highest BCUT2D eigenvalue weighted by Crippen LogP contribution is 2.45. The Hall–Kier alpha value is -2.17. The zero-order chi connectivity index (χ0) is 16.7. The van der Waals surface area contributed by atoms with Crippen LogP contribution in [0.1, 0.15) is 54.5 Å². The van der Waals surface area contributed by atoms with E-state index >= 15 is 0 Å². The molecule has 1 saturated carbocycles. The first kappa shape index (κ1) is 15.4. The normalized spacial score (nSPS) is 21.2. The standard InChI is InChI=1S/C19H22FN3O/c1-23(18(12-5-6-12)13-7-9-14(20)10-8-13)19(24)15-3-2-4-17-16(15)11-21-22-17/h7-12,15,18H,2-6H2,1H3,(H,21,22)/t15-,18-/m1/s1. The number of halogens is 1. The summed E-state index contributed by atoms with van der Waals surface area (Å²) >= 11 is 0. The van der Waals surface area contributed by atoms with Gasteiger partial charge >= 0.3 is 0 Å². The number of likely N-dealkylation sites (N-methyl/N-ethyl adjacent to an activating group) is 1. The van der Waals surface area contributed by atoms with E-state index in [1.807, 2.05) is 24.1 Å². The molecule has 2 aromatic rings. The summed E-state index contributed by atoms with van der Waals surface area (Å²) in [5.74, 6) is 0.284. The minimum Gasteiger partial charge on any atom is -0.338 e. The van der Waals surface area contributed by atoms with Crippen molar-refractivity contribution < 1.29 is 9.18 Å². The Morgan fingerprint density at radius 2 is 2.04 bits per heavy atom. The highest BCUT2D eigenvalue weighted by atomic mass is 19.1. The minimum atomic E-state index is -0.238. The maximum Gasteiger partial charge on any atom is 0.230 e. The van der Waals surface area contributed by atoms with Crippen molar-refractivity contribution in [1.82, 2.24) is 15.1 Å². The Bertz CT molecular complexity index is 735. The predicted octanol–water partition coefficient (Wildman–Crippen LogP) is 3.58. The molecule has 0 unspecified atom stereocenters. The van der Waals surface area contributed by atoms with Gasteiger partial charge in [0, 0.05) is 18.3 Å². The van der Waals surface area contributed by atoms with Crippen LogP contribution in [-0.4, -0.2) is 28.1 Å². The quantitative estimate of drug-likeness (QED) is 0.933. The number of nitrogens with one attached hydrogen (secondary N) is 1. The fraction of sp³-hybridized carbons (Fsp3) is 0.474. The summed E-state index contributed by atoms with van der Waals surface area (Å²) in [5, 5.41) is 7.14. The number of carbonyl (C=O) groups excluding carboxylic acids is 1. The van der Waals surface area contributed by atoms with Gasteiger partial charge in [0.1, 0.15) is 5.82 Å². The van der Waals surface area contributed by atoms with Gasteiger partial charge in [0.05, 0.1) is 18.2 Å². The molecule has 4 rings (SSSR count). The molecular formula is C19H22FN3O. The van der Waals surface area contributed by atoms with Gasteiger partial charge in [-0.15, -0.1) is 0 Å². The molecule has 2 aliphatic rings. The van der Waals surface area contributed by atoms with Crippen LogP contribution < -0.4 is 0 Å². The number of fused-ring (bicyclic) bond motifs is 1. The van der Waals surface area contributed by atoms with E-state index in [1.54, 1.807) is 6.20 Å². The number of benzene rings is 1. The summed E-state index contributed by atoms with van der Waals surface area (Å²) in [6, 6.07) is 6.63. The molecule has 1 aromatic carbocycles. The van der Waals surface area contributed by atoms with Crippen molar-refractivity contribution in [3.63, 3.8) is 0 Å². The second-order valence-electron chi connectivity index (χ2n) is 7.03. The Balaban J connectivity index is 1.60. The van der Waals surface area contributed by atoms with Crippen LogP contribution in [0.25, 0.3) is 0 Å². The summed E-state index contributed by atoms with van der Waals surface area (Å²) < 4.78 is 13.3. The van der Waals surface area contributed by atoms with Crippen molar-refractivity contribution in [1.29, 1.82) is 0 Å². The number of rotatable bonds is 4. The summed E-state index contributed by atoms with van der Waals surface area (Å²) in [4.78, 5) is 15.1. The number of hydrogen-bond donors (Lipinski definition) is 1. The highest BCUT2D eigenvalue weighted by molar-refractivity contribution is 5.84. The Morgan fingerprint density at radius 1 is 1.29 bits per heavy atom. The molecule has 0 aliphatic heterocycles. The summed E-state index contributed by atoms with van der Waals surface area (Å²) in [7, 11) is 1.89. The Labute approximate surface area is 141 Å². The van der Waals surface area contributed by atoms with Crippen LogP contribution in [0.3, 0.4) is 0 Å². The number of amides is 1. The first-order valence-corrected chi connectivity index (χ1v) is 8.69. The van der Waals surface area contributed by atoms with Crippen molar-refractivity contribution in [2.75, 3.05) is 7.05 Å². The molecule has 1 fully saturated rings. The lowest BCUT2D eigenvalue weighted by atomic mass is 9.85. The molecule has 24 heavy (non-hydrogen) atoms. The third kappa shape index (κ3) is 2.72. The lowest BCUT2D eigenvalue weighted by Gasteiger charge is -2.33. The number of H-pyrrole nitrogens is 1. The molecule has 4 nitrogen and oxygen atoms in total. The molecule has 1 amide bonds. The van der Waals surface area contributed by atoms with Crippen LogP contribution in [0.15, 0.2) is 30.5 Å². The maximum absolute atomic E-state index is 13.3. The third-order valence-electron chi connectivity index (χ3n) is 5.39. The van der Waals surface area contributed by atoms with E-state index in [2.05, 4.69) is 10.2 Å². The molecule has 126 valence electrons. The molecular weight excluding hydrogens is 305 g/mol. The number of hydrogen-bond acceptors (Lipinski definition) is 2. The lowest BCUT2D eigenvalue weighted by Crippen LogP contribution is -2.37. The van der Waals surface area contributed by atoms with Gasteiger partial charge < -0.3 is 4.90 Å². The number of nitrogens with zero attached hydrogens (tertiary/aromatic N) is 2. The first-order valence-electron chi connectivity index (χ1n) is 8.69. The summed E-state index contributed by atoms with van der Waals surface area (Å²) in [6.45, 7) is 0. The largest absolute Gasteiger partial charge is 0.338 e. The molecule has 1 N–H and O–H groups in total. The molecule has 0 radical (unpaired) electrons. The van der Waals surface area contributed by atoms with Crippen molar-refractivity contribution in [3.8, 4) is 0 Å². The first-order chi connectivity index (χ1) is 11.6. The van der Waals surface area contributed by atoms with Gasteiger partial charge in [-0.2, -0.15) is 5.10 Å². The van der Waals surface area contributed by atoms with E-state index in [4.69, 9.17) is 0 Å². The zero-order valence-electron chi connectivity index (χ0n) is 13.8.